The van der Waals surface area contributed by atoms with Crippen molar-refractivity contribution in [2.75, 3.05) is 0 Å². The normalized spacial score (nSPS) is 27.1. The number of phenols is 2. The van der Waals surface area contributed by atoms with Crippen LogP contribution in [-0.2, 0) is 15.6 Å². The predicted molar refractivity (Wildman–Crippen MR) is 125 cm³/mol. The molecule has 0 saturated heterocycles. The minimum absolute atomic E-state index is 0.0230. The van der Waals surface area contributed by atoms with Crippen molar-refractivity contribution in [3.63, 3.8) is 0 Å². The van der Waals surface area contributed by atoms with Crippen LogP contribution in [0.25, 0.3) is 0 Å². The molecule has 0 aromatic heterocycles. The van der Waals surface area contributed by atoms with Gasteiger partial charge in [-0.05, 0) is 61.4 Å². The monoisotopic (exact) mass is 444 g/mol. The number of hydrogen-bond acceptors (Lipinski definition) is 5. The largest absolute Gasteiger partial charge is 0.508 e. The zero-order chi connectivity index (χ0) is 23.0. The quantitative estimate of drug-likeness (QED) is 0.450. The molecule has 1 aliphatic carbocycles. The molecule has 2 unspecified atom stereocenters. The van der Waals surface area contributed by atoms with Crippen LogP contribution in [0.1, 0.15) is 56.5 Å². The highest BCUT2D eigenvalue weighted by Crippen LogP contribution is 2.44. The lowest BCUT2D eigenvalue weighted by Crippen LogP contribution is -2.44. The van der Waals surface area contributed by atoms with Crippen molar-refractivity contribution in [2.45, 2.75) is 77.3 Å². The molecule has 1 aromatic rings. The average molecular weight is 445 g/mol. The molecule has 3 rings (SSSR count). The first-order valence-corrected chi connectivity index (χ1v) is 14.1. The molecule has 2 aliphatic rings. The van der Waals surface area contributed by atoms with Crippen molar-refractivity contribution in [2.24, 2.45) is 11.8 Å². The van der Waals surface area contributed by atoms with Crippen molar-refractivity contribution in [1.82, 2.24) is 0 Å². The van der Waals surface area contributed by atoms with E-state index < -0.39 is 14.3 Å². The van der Waals surface area contributed by atoms with Crippen molar-refractivity contribution in [3.05, 3.63) is 47.6 Å². The number of ether oxygens (including phenoxy) is 1. The summed E-state index contributed by atoms with van der Waals surface area (Å²) in [6.45, 7) is 12.8. The molecule has 1 heterocycles. The van der Waals surface area contributed by atoms with Crippen LogP contribution in [0.3, 0.4) is 0 Å². The molecule has 170 valence electrons. The van der Waals surface area contributed by atoms with Gasteiger partial charge in [-0.15, -0.1) is 0 Å². The van der Waals surface area contributed by atoms with Crippen molar-refractivity contribution < 1.29 is 24.2 Å². The second kappa shape index (κ2) is 8.83. The standard InChI is InChI=1S/C25H36O5Si/c1-16-11-18-12-17(18)9-7-8-10-21(30-31(5,6)25(2,3)4)14-19-13-20(26)15-22(27)23(19)24(28)29-16/h7-10,13,15-18,21,26-27H,11-12,14H2,1-6H3/t16-,17+,18?,21?/m1/s1. The molecule has 5 nitrogen and oxygen atoms in total. The van der Waals surface area contributed by atoms with Crippen molar-refractivity contribution >= 4 is 14.3 Å². The number of aromatic hydroxyl groups is 2. The Hall–Kier alpha value is -2.05. The predicted octanol–water partition coefficient (Wildman–Crippen LogP) is 5.73. The molecule has 0 bridgehead atoms. The van der Waals surface area contributed by atoms with Gasteiger partial charge in [-0.3, -0.25) is 0 Å². The van der Waals surface area contributed by atoms with E-state index in [0.717, 1.165) is 12.8 Å². The molecule has 0 amide bonds. The van der Waals surface area contributed by atoms with E-state index in [1.54, 1.807) is 0 Å². The fraction of sp³-hybridized carbons (Fsp3) is 0.560. The molecular formula is C25H36O5Si. The number of hydrogen-bond donors (Lipinski definition) is 2. The molecule has 1 saturated carbocycles. The summed E-state index contributed by atoms with van der Waals surface area (Å²) in [5.74, 6) is 0.126. The minimum Gasteiger partial charge on any atom is -0.508 e. The van der Waals surface area contributed by atoms with E-state index in [0.29, 0.717) is 23.8 Å². The highest BCUT2D eigenvalue weighted by molar-refractivity contribution is 6.74. The molecule has 2 N–H and O–H groups in total. The van der Waals surface area contributed by atoms with Crippen LogP contribution in [0.5, 0.6) is 11.5 Å². The van der Waals surface area contributed by atoms with Crippen LogP contribution in [0, 0.1) is 11.8 Å². The van der Waals surface area contributed by atoms with Gasteiger partial charge in [-0.1, -0.05) is 45.1 Å². The summed E-state index contributed by atoms with van der Waals surface area (Å²) in [6, 6.07) is 2.71. The number of esters is 1. The average Bonchev–Trinajstić information content (AvgIpc) is 3.33. The van der Waals surface area contributed by atoms with E-state index in [9.17, 15) is 15.0 Å². The van der Waals surface area contributed by atoms with E-state index in [2.05, 4.69) is 46.0 Å². The molecule has 0 spiro atoms. The number of allylic oxidation sites excluding steroid dienone is 3. The fourth-order valence-electron chi connectivity index (χ4n) is 3.88. The second-order valence-electron chi connectivity index (χ2n) is 10.5. The SMILES string of the molecule is C[C@@H]1CC2C[C@@H]2C=CC=CC(O[Si](C)(C)C(C)(C)C)Cc2cc(O)cc(O)c2C(=O)O1. The maximum absolute atomic E-state index is 13.0. The third-order valence-electron chi connectivity index (χ3n) is 6.78. The van der Waals surface area contributed by atoms with Gasteiger partial charge in [0.25, 0.3) is 0 Å². The highest BCUT2D eigenvalue weighted by atomic mass is 28.4. The van der Waals surface area contributed by atoms with Gasteiger partial charge in [0, 0.05) is 12.5 Å². The second-order valence-corrected chi connectivity index (χ2v) is 15.3. The zero-order valence-electron chi connectivity index (χ0n) is 19.5. The molecule has 31 heavy (non-hydrogen) atoms. The summed E-state index contributed by atoms with van der Waals surface area (Å²) < 4.78 is 12.3. The minimum atomic E-state index is -2.10. The zero-order valence-corrected chi connectivity index (χ0v) is 20.5. The summed E-state index contributed by atoms with van der Waals surface area (Å²) >= 11 is 0. The summed E-state index contributed by atoms with van der Waals surface area (Å²) in [6.07, 6.45) is 10.0. The van der Waals surface area contributed by atoms with Gasteiger partial charge in [0.2, 0.25) is 0 Å². The van der Waals surface area contributed by atoms with Crippen LogP contribution in [-0.4, -0.2) is 36.7 Å². The Morgan fingerprint density at radius 1 is 1.10 bits per heavy atom. The lowest BCUT2D eigenvalue weighted by atomic mass is 9.99. The number of phenolic OH excluding ortho intramolecular Hbond substituents is 2. The first-order valence-electron chi connectivity index (χ1n) is 11.2. The van der Waals surface area contributed by atoms with E-state index >= 15 is 0 Å². The van der Waals surface area contributed by atoms with Gasteiger partial charge in [-0.25, -0.2) is 4.79 Å². The van der Waals surface area contributed by atoms with Gasteiger partial charge in [-0.2, -0.15) is 0 Å². The smallest absolute Gasteiger partial charge is 0.342 e. The molecule has 1 fully saturated rings. The number of cyclic esters (lactones) is 1. The van der Waals surface area contributed by atoms with Gasteiger partial charge >= 0.3 is 5.97 Å². The van der Waals surface area contributed by atoms with Crippen molar-refractivity contribution in [3.8, 4) is 11.5 Å². The van der Waals surface area contributed by atoms with Gasteiger partial charge < -0.3 is 19.4 Å². The van der Waals surface area contributed by atoms with E-state index in [4.69, 9.17) is 9.16 Å². The number of carbonyl (C=O) groups is 1. The lowest BCUT2D eigenvalue weighted by molar-refractivity contribution is 0.0306. The molecular weight excluding hydrogens is 408 g/mol. The Morgan fingerprint density at radius 2 is 1.77 bits per heavy atom. The topological polar surface area (TPSA) is 76.0 Å². The summed E-state index contributed by atoms with van der Waals surface area (Å²) in [5, 5.41) is 20.6. The fourth-order valence-corrected chi connectivity index (χ4v) is 5.15. The first kappa shape index (κ1) is 23.6. The summed E-state index contributed by atoms with van der Waals surface area (Å²) in [7, 11) is -2.10. The van der Waals surface area contributed by atoms with Crippen molar-refractivity contribution in [1.29, 1.82) is 0 Å². The number of fused-ring (bicyclic) bond motifs is 2. The van der Waals surface area contributed by atoms with Crippen LogP contribution in [0.4, 0.5) is 0 Å². The number of benzene rings is 1. The maximum Gasteiger partial charge on any atom is 0.342 e. The summed E-state index contributed by atoms with van der Waals surface area (Å²) in [4.78, 5) is 13.0. The number of carbonyl (C=O) groups excluding carboxylic acids is 1. The Balaban J connectivity index is 2.00. The van der Waals surface area contributed by atoms with Crippen LogP contribution in [0.2, 0.25) is 18.1 Å². The molecule has 0 radical (unpaired) electrons. The van der Waals surface area contributed by atoms with Gasteiger partial charge in [0.05, 0.1) is 12.2 Å². The van der Waals surface area contributed by atoms with E-state index in [1.807, 2.05) is 19.1 Å². The molecule has 6 heteroatoms. The Kier molecular flexibility index (Phi) is 6.72. The third-order valence-corrected chi connectivity index (χ3v) is 11.3. The van der Waals surface area contributed by atoms with Crippen LogP contribution in [0.15, 0.2) is 36.4 Å². The summed E-state index contributed by atoms with van der Waals surface area (Å²) in [5.41, 5.74) is 0.634. The highest BCUT2D eigenvalue weighted by Gasteiger charge is 2.39. The van der Waals surface area contributed by atoms with Crippen LogP contribution < -0.4 is 0 Å². The first-order chi connectivity index (χ1) is 14.4. The van der Waals surface area contributed by atoms with E-state index in [-0.39, 0.29) is 34.3 Å². The van der Waals surface area contributed by atoms with Gasteiger partial charge in [0.15, 0.2) is 8.32 Å². The van der Waals surface area contributed by atoms with E-state index in [1.165, 1.54) is 12.1 Å². The maximum atomic E-state index is 13.0. The Labute approximate surface area is 186 Å². The number of rotatable bonds is 2. The Bertz CT molecular complexity index is 881. The molecule has 4 atom stereocenters. The van der Waals surface area contributed by atoms with Crippen LogP contribution >= 0.6 is 0 Å². The molecule has 1 aromatic carbocycles. The lowest BCUT2D eigenvalue weighted by Gasteiger charge is -2.38. The molecule has 1 aliphatic heterocycles. The Morgan fingerprint density at radius 3 is 2.45 bits per heavy atom. The third kappa shape index (κ3) is 5.80. The van der Waals surface area contributed by atoms with Gasteiger partial charge in [0.1, 0.15) is 17.1 Å².